The normalized spacial score (nSPS) is 18.6. The van der Waals surface area contributed by atoms with Crippen molar-refractivity contribution in [3.8, 4) is 5.75 Å². The third-order valence-corrected chi connectivity index (χ3v) is 6.44. The number of anilines is 1. The quantitative estimate of drug-likeness (QED) is 0.624. The van der Waals surface area contributed by atoms with Gasteiger partial charge in [0, 0.05) is 13.1 Å². The maximum atomic E-state index is 12.4. The molecule has 8 nitrogen and oxygen atoms in total. The summed E-state index contributed by atoms with van der Waals surface area (Å²) < 4.78 is 7.00. The van der Waals surface area contributed by atoms with Crippen molar-refractivity contribution in [2.75, 3.05) is 18.2 Å². The Balaban J connectivity index is 1.51. The minimum atomic E-state index is -0.212. The Morgan fingerprint density at radius 3 is 2.73 bits per heavy atom. The molecule has 0 saturated heterocycles. The van der Waals surface area contributed by atoms with Crippen LogP contribution in [0.4, 0.5) is 5.69 Å². The van der Waals surface area contributed by atoms with Gasteiger partial charge in [-0.3, -0.25) is 9.59 Å². The lowest BCUT2D eigenvalue weighted by Crippen LogP contribution is -2.41. The van der Waals surface area contributed by atoms with Crippen molar-refractivity contribution in [3.63, 3.8) is 0 Å². The second-order valence-corrected chi connectivity index (χ2v) is 8.55. The third-order valence-electron chi connectivity index (χ3n) is 5.42. The van der Waals surface area contributed by atoms with Crippen LogP contribution in [0.15, 0.2) is 29.4 Å². The Hall–Kier alpha value is -2.55. The van der Waals surface area contributed by atoms with Crippen LogP contribution in [0.5, 0.6) is 5.75 Å². The number of amides is 2. The molecule has 1 aromatic carbocycles. The van der Waals surface area contributed by atoms with E-state index in [0.29, 0.717) is 28.3 Å². The highest BCUT2D eigenvalue weighted by Gasteiger charge is 2.23. The zero-order chi connectivity index (χ0) is 21.5. The Bertz CT molecular complexity index is 885. The van der Waals surface area contributed by atoms with E-state index in [4.69, 9.17) is 4.74 Å². The average molecular weight is 432 g/mol. The number of thioether (sulfide) groups is 1. The summed E-state index contributed by atoms with van der Waals surface area (Å²) in [5, 5.41) is 14.8. The standard InChI is InChI=1S/C21H29N5O3S/c1-14-8-4-5-9-15(14)22-20(28)13-30-21-25-24-18(26(21)2)12-19(27)23-16-10-6-7-11-17(16)29-3/h6-7,10-11,14-15H,4-5,8-9,12-13H2,1-3H3,(H,22,28)(H,23,27)/t14-,15+/m0/s1. The molecule has 1 aliphatic carbocycles. The smallest absolute Gasteiger partial charge is 0.232 e. The lowest BCUT2D eigenvalue weighted by molar-refractivity contribution is -0.120. The molecule has 2 atom stereocenters. The molecule has 0 aliphatic heterocycles. The third kappa shape index (κ3) is 5.75. The molecule has 1 fully saturated rings. The summed E-state index contributed by atoms with van der Waals surface area (Å²) in [4.78, 5) is 24.7. The molecule has 162 valence electrons. The van der Waals surface area contributed by atoms with E-state index in [0.717, 1.165) is 6.42 Å². The van der Waals surface area contributed by atoms with Crippen molar-refractivity contribution in [1.29, 1.82) is 0 Å². The van der Waals surface area contributed by atoms with Gasteiger partial charge in [-0.25, -0.2) is 0 Å². The van der Waals surface area contributed by atoms with E-state index < -0.39 is 0 Å². The van der Waals surface area contributed by atoms with Crippen LogP contribution in [-0.4, -0.2) is 45.5 Å². The first-order chi connectivity index (χ1) is 14.5. The predicted octanol–water partition coefficient (Wildman–Crippen LogP) is 2.79. The van der Waals surface area contributed by atoms with Gasteiger partial charge in [-0.1, -0.05) is 43.7 Å². The summed E-state index contributed by atoms with van der Waals surface area (Å²) in [5.41, 5.74) is 0.607. The number of carbonyl (C=O) groups is 2. The average Bonchev–Trinajstić information content (AvgIpc) is 3.08. The molecule has 1 heterocycles. The first-order valence-corrected chi connectivity index (χ1v) is 11.2. The lowest BCUT2D eigenvalue weighted by Gasteiger charge is -2.29. The number of aromatic nitrogens is 3. The van der Waals surface area contributed by atoms with E-state index in [1.165, 1.54) is 31.0 Å². The molecule has 9 heteroatoms. The molecule has 1 saturated carbocycles. The minimum Gasteiger partial charge on any atom is -0.495 e. The molecule has 2 aromatic rings. The largest absolute Gasteiger partial charge is 0.495 e. The SMILES string of the molecule is COc1ccccc1NC(=O)Cc1nnc(SCC(=O)N[C@@H]2CCCC[C@@H]2C)n1C. The number of nitrogens with zero attached hydrogens (tertiary/aromatic N) is 3. The van der Waals surface area contributed by atoms with Gasteiger partial charge >= 0.3 is 0 Å². The van der Waals surface area contributed by atoms with Crippen molar-refractivity contribution in [3.05, 3.63) is 30.1 Å². The maximum Gasteiger partial charge on any atom is 0.232 e. The first-order valence-electron chi connectivity index (χ1n) is 10.2. The molecule has 1 aliphatic rings. The van der Waals surface area contributed by atoms with E-state index >= 15 is 0 Å². The number of carbonyl (C=O) groups excluding carboxylic acids is 2. The number of ether oxygens (including phenoxy) is 1. The van der Waals surface area contributed by atoms with Crippen molar-refractivity contribution in [1.82, 2.24) is 20.1 Å². The van der Waals surface area contributed by atoms with Crippen LogP contribution >= 0.6 is 11.8 Å². The second kappa shape index (κ2) is 10.5. The van der Waals surface area contributed by atoms with Gasteiger partial charge in [-0.15, -0.1) is 10.2 Å². The van der Waals surface area contributed by atoms with Crippen LogP contribution in [0.2, 0.25) is 0 Å². The van der Waals surface area contributed by atoms with Gasteiger partial charge < -0.3 is 19.9 Å². The number of para-hydroxylation sites is 2. The highest BCUT2D eigenvalue weighted by Crippen LogP contribution is 2.25. The van der Waals surface area contributed by atoms with Crippen molar-refractivity contribution < 1.29 is 14.3 Å². The predicted molar refractivity (Wildman–Crippen MR) is 117 cm³/mol. The number of benzene rings is 1. The van der Waals surface area contributed by atoms with Gasteiger partial charge in [0.25, 0.3) is 0 Å². The van der Waals surface area contributed by atoms with Gasteiger partial charge in [0.15, 0.2) is 5.16 Å². The Labute approximate surface area is 181 Å². The topological polar surface area (TPSA) is 98.1 Å². The zero-order valence-corrected chi connectivity index (χ0v) is 18.5. The molecular formula is C21H29N5O3S. The first kappa shape index (κ1) is 22.1. The fourth-order valence-electron chi connectivity index (χ4n) is 3.62. The molecule has 0 unspecified atom stereocenters. The second-order valence-electron chi connectivity index (χ2n) is 7.61. The van der Waals surface area contributed by atoms with Gasteiger partial charge in [-0.05, 0) is 30.9 Å². The Morgan fingerprint density at radius 2 is 1.97 bits per heavy atom. The monoisotopic (exact) mass is 431 g/mol. The van der Waals surface area contributed by atoms with Gasteiger partial charge in [-0.2, -0.15) is 0 Å². The number of rotatable bonds is 8. The summed E-state index contributed by atoms with van der Waals surface area (Å²) in [7, 11) is 3.36. The molecule has 2 amide bonds. The highest BCUT2D eigenvalue weighted by molar-refractivity contribution is 7.99. The molecule has 0 radical (unpaired) electrons. The van der Waals surface area contributed by atoms with Crippen molar-refractivity contribution >= 4 is 29.3 Å². The van der Waals surface area contributed by atoms with Crippen LogP contribution in [0.3, 0.4) is 0 Å². The molecule has 0 bridgehead atoms. The van der Waals surface area contributed by atoms with Crippen molar-refractivity contribution in [2.24, 2.45) is 13.0 Å². The zero-order valence-electron chi connectivity index (χ0n) is 17.7. The van der Waals surface area contributed by atoms with Crippen LogP contribution in [-0.2, 0) is 23.1 Å². The van der Waals surface area contributed by atoms with Crippen LogP contribution in [0.25, 0.3) is 0 Å². The van der Waals surface area contributed by atoms with Crippen LogP contribution in [0, 0.1) is 5.92 Å². The van der Waals surface area contributed by atoms with Gasteiger partial charge in [0.05, 0.1) is 25.0 Å². The molecule has 30 heavy (non-hydrogen) atoms. The molecule has 0 spiro atoms. The Kier molecular flexibility index (Phi) is 7.73. The van der Waals surface area contributed by atoms with E-state index in [1.807, 2.05) is 12.1 Å². The number of hydrogen-bond donors (Lipinski definition) is 2. The van der Waals surface area contributed by atoms with E-state index in [2.05, 4.69) is 27.8 Å². The fraction of sp³-hybridized carbons (Fsp3) is 0.524. The Morgan fingerprint density at radius 1 is 1.20 bits per heavy atom. The minimum absolute atomic E-state index is 0.0113. The number of hydrogen-bond acceptors (Lipinski definition) is 6. The molecule has 3 rings (SSSR count). The summed E-state index contributed by atoms with van der Waals surface area (Å²) in [6.07, 6.45) is 4.71. The van der Waals surface area contributed by atoms with Crippen LogP contribution < -0.4 is 15.4 Å². The van der Waals surface area contributed by atoms with Crippen LogP contribution in [0.1, 0.15) is 38.4 Å². The number of methoxy groups -OCH3 is 1. The fourth-order valence-corrected chi connectivity index (χ4v) is 4.36. The molecule has 2 N–H and O–H groups in total. The summed E-state index contributed by atoms with van der Waals surface area (Å²) in [6.45, 7) is 2.20. The maximum absolute atomic E-state index is 12.4. The summed E-state index contributed by atoms with van der Waals surface area (Å²) >= 11 is 1.33. The van der Waals surface area contributed by atoms with Gasteiger partial charge in [0.1, 0.15) is 11.6 Å². The lowest BCUT2D eigenvalue weighted by atomic mass is 9.86. The van der Waals surface area contributed by atoms with Crippen molar-refractivity contribution in [2.45, 2.75) is 50.2 Å². The highest BCUT2D eigenvalue weighted by atomic mass is 32.2. The molecular weight excluding hydrogens is 402 g/mol. The number of nitrogens with one attached hydrogen (secondary N) is 2. The molecule has 1 aromatic heterocycles. The van der Waals surface area contributed by atoms with E-state index in [1.54, 1.807) is 30.9 Å². The summed E-state index contributed by atoms with van der Waals surface area (Å²) in [5.74, 6) is 1.73. The van der Waals surface area contributed by atoms with E-state index in [-0.39, 0.29) is 30.0 Å². The van der Waals surface area contributed by atoms with Gasteiger partial charge in [0.2, 0.25) is 11.8 Å². The van der Waals surface area contributed by atoms with E-state index in [9.17, 15) is 9.59 Å². The summed E-state index contributed by atoms with van der Waals surface area (Å²) in [6, 6.07) is 7.49.